The number of allylic oxidation sites excluding steroid dienone is 2. The third kappa shape index (κ3) is 3.04. The Bertz CT molecular complexity index is 1360. The minimum atomic E-state index is -0.262. The Morgan fingerprint density at radius 3 is 2.33 bits per heavy atom. The number of carbonyl (C=O) groups excluding carboxylic acids is 2. The van der Waals surface area contributed by atoms with Gasteiger partial charge in [-0.05, 0) is 42.4 Å². The molecule has 2 aromatic carbocycles. The Morgan fingerprint density at radius 2 is 1.64 bits per heavy atom. The molecule has 6 nitrogen and oxygen atoms in total. The van der Waals surface area contributed by atoms with Crippen molar-refractivity contribution in [1.29, 1.82) is 5.26 Å². The van der Waals surface area contributed by atoms with E-state index in [-0.39, 0.29) is 35.5 Å². The van der Waals surface area contributed by atoms with Crippen LogP contribution in [0.5, 0.6) is 0 Å². The van der Waals surface area contributed by atoms with Crippen molar-refractivity contribution >= 4 is 28.9 Å². The summed E-state index contributed by atoms with van der Waals surface area (Å²) in [6, 6.07) is 17.7. The summed E-state index contributed by atoms with van der Waals surface area (Å²) in [6.07, 6.45) is 9.75. The van der Waals surface area contributed by atoms with Crippen molar-refractivity contribution in [1.82, 2.24) is 9.58 Å². The highest BCUT2D eigenvalue weighted by atomic mass is 16.2. The average Bonchev–Trinajstić information content (AvgIpc) is 3.34. The Balaban J connectivity index is 1.33. The average molecular weight is 434 g/mol. The molecule has 3 aliphatic carbocycles. The first-order chi connectivity index (χ1) is 16.2. The van der Waals surface area contributed by atoms with Gasteiger partial charge in [-0.2, -0.15) is 15.4 Å². The number of rotatable bonds is 4. The lowest BCUT2D eigenvalue weighted by atomic mass is 9.63. The van der Waals surface area contributed by atoms with Gasteiger partial charge in [-0.25, -0.2) is 0 Å². The number of aromatic nitrogens is 1. The van der Waals surface area contributed by atoms with E-state index in [0.29, 0.717) is 12.1 Å². The second kappa shape index (κ2) is 7.56. The molecule has 0 spiro atoms. The van der Waals surface area contributed by atoms with E-state index in [1.54, 1.807) is 6.21 Å². The molecule has 0 unspecified atom stereocenters. The maximum Gasteiger partial charge on any atom is 0.254 e. The number of hydrogen-bond acceptors (Lipinski definition) is 4. The predicted molar refractivity (Wildman–Crippen MR) is 124 cm³/mol. The number of carbonyl (C=O) groups is 2. The van der Waals surface area contributed by atoms with Crippen molar-refractivity contribution in [2.45, 2.75) is 19.4 Å². The number of fused-ring (bicyclic) bond motifs is 2. The predicted octanol–water partition coefficient (Wildman–Crippen LogP) is 4.09. The van der Waals surface area contributed by atoms with E-state index in [0.717, 1.165) is 39.9 Å². The van der Waals surface area contributed by atoms with Crippen molar-refractivity contribution in [3.63, 3.8) is 0 Å². The maximum absolute atomic E-state index is 13.1. The first-order valence-electron chi connectivity index (χ1n) is 11.3. The lowest BCUT2D eigenvalue weighted by molar-refractivity contribution is -0.140. The van der Waals surface area contributed by atoms with E-state index >= 15 is 0 Å². The molecule has 1 saturated heterocycles. The zero-order valence-corrected chi connectivity index (χ0v) is 18.0. The number of nitrogens with zero attached hydrogens (tertiary/aromatic N) is 4. The van der Waals surface area contributed by atoms with Gasteiger partial charge in [-0.1, -0.05) is 48.6 Å². The lowest BCUT2D eigenvalue weighted by Gasteiger charge is -2.37. The number of imide groups is 1. The molecule has 7 rings (SSSR count). The number of benzene rings is 2. The van der Waals surface area contributed by atoms with E-state index in [1.807, 2.05) is 54.7 Å². The fraction of sp³-hybridized carbons (Fsp3) is 0.259. The summed E-state index contributed by atoms with van der Waals surface area (Å²) in [6.45, 7) is 0.541. The van der Waals surface area contributed by atoms with Gasteiger partial charge >= 0.3 is 0 Å². The molecular formula is C27H22N4O2. The Kier molecular flexibility index (Phi) is 4.51. The summed E-state index contributed by atoms with van der Waals surface area (Å²) in [7, 11) is 0. The molecule has 4 atom stereocenters. The quantitative estimate of drug-likeness (QED) is 0.352. The monoisotopic (exact) mass is 434 g/mol. The Morgan fingerprint density at radius 1 is 0.970 bits per heavy atom. The summed E-state index contributed by atoms with van der Waals surface area (Å²) in [5, 5.41) is 15.9. The van der Waals surface area contributed by atoms with Gasteiger partial charge in [0.25, 0.3) is 11.8 Å². The zero-order valence-electron chi connectivity index (χ0n) is 18.0. The maximum atomic E-state index is 13.1. The molecule has 1 saturated carbocycles. The van der Waals surface area contributed by atoms with E-state index in [1.165, 1.54) is 0 Å². The summed E-state index contributed by atoms with van der Waals surface area (Å²) in [5.41, 5.74) is 3.41. The third-order valence-corrected chi connectivity index (χ3v) is 7.35. The van der Waals surface area contributed by atoms with Crippen LogP contribution in [0, 0.1) is 35.0 Å². The van der Waals surface area contributed by atoms with Crippen molar-refractivity contribution in [3.8, 4) is 6.07 Å². The minimum Gasteiger partial charge on any atom is -0.342 e. The van der Waals surface area contributed by atoms with Crippen LogP contribution in [0.3, 0.4) is 0 Å². The summed E-state index contributed by atoms with van der Waals surface area (Å²) in [4.78, 5) is 26.1. The first-order valence-corrected chi connectivity index (χ1v) is 11.3. The molecule has 3 aromatic rings. The first kappa shape index (κ1) is 19.7. The Labute approximate surface area is 191 Å². The van der Waals surface area contributed by atoms with Crippen molar-refractivity contribution in [3.05, 3.63) is 83.6 Å². The standard InChI is InChI=1S/C27H22N4O2/c28-13-19-5-1-2-6-20(19)15-30-16-21(22-7-3-4-8-23(22)30)14-29-31-26(32)24-17-9-10-18(12-11-17)25(24)27(31)33/h1-10,14,16-18,24-25H,11-12,15H2/b29-14-/t17-,18-,24-,25+/m0/s1. The normalized spacial score (nSPS) is 25.8. The largest absolute Gasteiger partial charge is 0.342 e. The minimum absolute atomic E-state index is 0.152. The fourth-order valence-corrected chi connectivity index (χ4v) is 5.75. The van der Waals surface area contributed by atoms with Gasteiger partial charge in [0.2, 0.25) is 0 Å². The Hall–Kier alpha value is -3.98. The topological polar surface area (TPSA) is 78.5 Å². The molecule has 6 heteroatoms. The zero-order chi connectivity index (χ0) is 22.5. The van der Waals surface area contributed by atoms with Gasteiger partial charge in [0.15, 0.2) is 0 Å². The van der Waals surface area contributed by atoms with Crippen LogP contribution < -0.4 is 0 Å². The van der Waals surface area contributed by atoms with E-state index in [9.17, 15) is 14.9 Å². The van der Waals surface area contributed by atoms with Gasteiger partial charge in [-0.3, -0.25) is 9.59 Å². The molecule has 2 fully saturated rings. The second-order valence-corrected chi connectivity index (χ2v) is 9.07. The highest BCUT2D eigenvalue weighted by Gasteiger charge is 2.56. The molecule has 1 aromatic heterocycles. The van der Waals surface area contributed by atoms with Crippen LogP contribution in [0.4, 0.5) is 0 Å². The highest BCUT2D eigenvalue weighted by Crippen LogP contribution is 2.49. The number of hydrogen-bond donors (Lipinski definition) is 0. The van der Waals surface area contributed by atoms with Gasteiger partial charge in [0.05, 0.1) is 29.7 Å². The van der Waals surface area contributed by atoms with Crippen LogP contribution in [0.15, 0.2) is 72.0 Å². The molecule has 1 aliphatic heterocycles. The summed E-state index contributed by atoms with van der Waals surface area (Å²) in [5.74, 6) is -0.569. The third-order valence-electron chi connectivity index (χ3n) is 7.35. The molecule has 0 radical (unpaired) electrons. The highest BCUT2D eigenvalue weighted by molar-refractivity contribution is 6.07. The molecule has 0 N–H and O–H groups in total. The van der Waals surface area contributed by atoms with Crippen LogP contribution in [0.1, 0.15) is 29.5 Å². The van der Waals surface area contributed by atoms with Crippen LogP contribution >= 0.6 is 0 Å². The van der Waals surface area contributed by atoms with E-state index < -0.39 is 0 Å². The van der Waals surface area contributed by atoms with Crippen LogP contribution in [0.25, 0.3) is 10.9 Å². The molecule has 4 aliphatic rings. The molecule has 2 bridgehead atoms. The van der Waals surface area contributed by atoms with Crippen LogP contribution in [-0.2, 0) is 16.1 Å². The van der Waals surface area contributed by atoms with Gasteiger partial charge < -0.3 is 4.57 Å². The number of hydrazone groups is 1. The van der Waals surface area contributed by atoms with Crippen molar-refractivity contribution < 1.29 is 9.59 Å². The molecular weight excluding hydrogens is 412 g/mol. The van der Waals surface area contributed by atoms with Gasteiger partial charge in [0.1, 0.15) is 0 Å². The molecule has 2 heterocycles. The smallest absolute Gasteiger partial charge is 0.254 e. The number of para-hydroxylation sites is 1. The summed E-state index contributed by atoms with van der Waals surface area (Å²) >= 11 is 0. The van der Waals surface area contributed by atoms with E-state index in [2.05, 4.69) is 27.9 Å². The number of amides is 2. The lowest BCUT2D eigenvalue weighted by Crippen LogP contribution is -2.38. The molecule has 162 valence electrons. The van der Waals surface area contributed by atoms with Crippen LogP contribution in [-0.4, -0.2) is 27.6 Å². The van der Waals surface area contributed by atoms with Gasteiger partial charge in [0, 0.05) is 29.2 Å². The number of nitriles is 1. The fourth-order valence-electron chi connectivity index (χ4n) is 5.75. The van der Waals surface area contributed by atoms with E-state index in [4.69, 9.17) is 0 Å². The van der Waals surface area contributed by atoms with Crippen molar-refractivity contribution in [2.75, 3.05) is 0 Å². The molecule has 2 amide bonds. The SMILES string of the molecule is N#Cc1ccccc1Cn1cc(/C=N\N2C(=O)[C@@H]3[C@H](C2=O)[C@H]2C=C[C@H]3CC2)c2ccccc21. The second-order valence-electron chi connectivity index (χ2n) is 9.07. The van der Waals surface area contributed by atoms with Gasteiger partial charge in [-0.15, -0.1) is 0 Å². The summed E-state index contributed by atoms with van der Waals surface area (Å²) < 4.78 is 2.07. The molecule has 33 heavy (non-hydrogen) atoms. The van der Waals surface area contributed by atoms with Crippen LogP contribution in [0.2, 0.25) is 0 Å². The van der Waals surface area contributed by atoms with Crippen molar-refractivity contribution in [2.24, 2.45) is 28.8 Å².